The standard InChI is InChI=1S/C7H12N6O3/c1-2-13(4-6(14)15)7(16)8-3-5-9-11-12-10-5/h2-4H2,1H3,(H,8,16)(H,14,15)(H,9,10,11,12). The minimum atomic E-state index is -1.06. The van der Waals surface area contributed by atoms with Crippen molar-refractivity contribution in [1.82, 2.24) is 30.8 Å². The molecule has 0 aliphatic heterocycles. The number of likely N-dealkylation sites (N-methyl/N-ethyl adjacent to an activating group) is 1. The lowest BCUT2D eigenvalue weighted by atomic mass is 10.5. The summed E-state index contributed by atoms with van der Waals surface area (Å²) in [6.45, 7) is 1.77. The van der Waals surface area contributed by atoms with Crippen LogP contribution in [0.15, 0.2) is 0 Å². The molecule has 0 spiro atoms. The van der Waals surface area contributed by atoms with Gasteiger partial charge >= 0.3 is 12.0 Å². The summed E-state index contributed by atoms with van der Waals surface area (Å²) in [4.78, 5) is 23.1. The van der Waals surface area contributed by atoms with Gasteiger partial charge in [-0.15, -0.1) is 10.2 Å². The first-order chi connectivity index (χ1) is 7.63. The van der Waals surface area contributed by atoms with Crippen LogP contribution in [0.2, 0.25) is 0 Å². The average Bonchev–Trinajstić information content (AvgIpc) is 2.75. The van der Waals surface area contributed by atoms with Gasteiger partial charge in [0, 0.05) is 6.54 Å². The van der Waals surface area contributed by atoms with Crippen LogP contribution in [-0.2, 0) is 11.3 Å². The number of tetrazole rings is 1. The largest absolute Gasteiger partial charge is 0.480 e. The van der Waals surface area contributed by atoms with Crippen molar-refractivity contribution in [2.24, 2.45) is 0 Å². The second-order valence-corrected chi connectivity index (χ2v) is 2.89. The summed E-state index contributed by atoms with van der Waals surface area (Å²) in [5.41, 5.74) is 0. The van der Waals surface area contributed by atoms with Gasteiger partial charge in [0.1, 0.15) is 6.54 Å². The van der Waals surface area contributed by atoms with E-state index in [9.17, 15) is 9.59 Å². The van der Waals surface area contributed by atoms with Crippen molar-refractivity contribution in [2.45, 2.75) is 13.5 Å². The Morgan fingerprint density at radius 1 is 1.56 bits per heavy atom. The second kappa shape index (κ2) is 5.63. The molecular formula is C7H12N6O3. The summed E-state index contributed by atoms with van der Waals surface area (Å²) < 4.78 is 0. The maximum atomic E-state index is 11.5. The van der Waals surface area contributed by atoms with Crippen LogP contribution in [0, 0.1) is 0 Å². The van der Waals surface area contributed by atoms with E-state index in [1.54, 1.807) is 6.92 Å². The minimum Gasteiger partial charge on any atom is -0.480 e. The first kappa shape index (κ1) is 11.9. The molecule has 0 aromatic carbocycles. The van der Waals surface area contributed by atoms with Crippen LogP contribution in [0.5, 0.6) is 0 Å². The molecule has 0 saturated heterocycles. The van der Waals surface area contributed by atoms with Gasteiger partial charge in [-0.2, -0.15) is 5.21 Å². The molecule has 1 aromatic heterocycles. The maximum Gasteiger partial charge on any atom is 0.323 e. The van der Waals surface area contributed by atoms with Crippen molar-refractivity contribution in [1.29, 1.82) is 0 Å². The van der Waals surface area contributed by atoms with E-state index in [4.69, 9.17) is 5.11 Å². The summed E-state index contributed by atoms with van der Waals surface area (Å²) in [7, 11) is 0. The topological polar surface area (TPSA) is 124 Å². The molecule has 0 radical (unpaired) electrons. The van der Waals surface area contributed by atoms with Gasteiger partial charge in [-0.3, -0.25) is 4.79 Å². The van der Waals surface area contributed by atoms with Crippen molar-refractivity contribution in [3.8, 4) is 0 Å². The van der Waals surface area contributed by atoms with Crippen LogP contribution in [0.1, 0.15) is 12.7 Å². The predicted octanol–water partition coefficient (Wildman–Crippen LogP) is -1.18. The molecule has 1 heterocycles. The number of carbonyl (C=O) groups excluding carboxylic acids is 1. The van der Waals surface area contributed by atoms with E-state index in [-0.39, 0.29) is 13.1 Å². The van der Waals surface area contributed by atoms with Gasteiger partial charge in [-0.1, -0.05) is 5.21 Å². The molecule has 0 bridgehead atoms. The zero-order valence-corrected chi connectivity index (χ0v) is 8.67. The summed E-state index contributed by atoms with van der Waals surface area (Å²) in [5, 5.41) is 23.9. The molecule has 9 heteroatoms. The van der Waals surface area contributed by atoms with E-state index in [1.165, 1.54) is 0 Å². The van der Waals surface area contributed by atoms with E-state index in [0.717, 1.165) is 4.90 Å². The molecule has 0 atom stereocenters. The number of nitrogens with zero attached hydrogens (tertiary/aromatic N) is 4. The Morgan fingerprint density at radius 2 is 2.31 bits per heavy atom. The molecule has 2 amide bonds. The number of rotatable bonds is 5. The van der Waals surface area contributed by atoms with Crippen LogP contribution in [0.4, 0.5) is 4.79 Å². The van der Waals surface area contributed by atoms with Gasteiger partial charge in [-0.25, -0.2) is 4.79 Å². The number of nitrogens with one attached hydrogen (secondary N) is 2. The number of carbonyl (C=O) groups is 2. The van der Waals surface area contributed by atoms with Gasteiger partial charge < -0.3 is 15.3 Å². The van der Waals surface area contributed by atoms with Gasteiger partial charge in [0.15, 0.2) is 5.82 Å². The highest BCUT2D eigenvalue weighted by Crippen LogP contribution is 1.90. The third-order valence-electron chi connectivity index (χ3n) is 1.78. The van der Waals surface area contributed by atoms with E-state index < -0.39 is 12.0 Å². The number of aliphatic carboxylic acids is 1. The van der Waals surface area contributed by atoms with E-state index in [1.807, 2.05) is 0 Å². The molecule has 1 aromatic rings. The number of carboxylic acids is 1. The first-order valence-electron chi connectivity index (χ1n) is 4.60. The Balaban J connectivity index is 2.40. The number of carboxylic acid groups (broad SMARTS) is 1. The minimum absolute atomic E-state index is 0.103. The number of aromatic nitrogens is 4. The molecule has 0 aliphatic rings. The Morgan fingerprint density at radius 3 is 2.81 bits per heavy atom. The van der Waals surface area contributed by atoms with Gasteiger partial charge in [0.2, 0.25) is 0 Å². The van der Waals surface area contributed by atoms with Crippen molar-refractivity contribution in [2.75, 3.05) is 13.1 Å². The highest BCUT2D eigenvalue weighted by molar-refractivity contribution is 5.79. The van der Waals surface area contributed by atoms with Crippen molar-refractivity contribution in [3.05, 3.63) is 5.82 Å². The number of hydrogen-bond donors (Lipinski definition) is 3. The molecule has 88 valence electrons. The summed E-state index contributed by atoms with van der Waals surface area (Å²) >= 11 is 0. The molecular weight excluding hydrogens is 216 g/mol. The fraction of sp³-hybridized carbons (Fsp3) is 0.571. The van der Waals surface area contributed by atoms with Crippen LogP contribution < -0.4 is 5.32 Å². The highest BCUT2D eigenvalue weighted by atomic mass is 16.4. The molecule has 16 heavy (non-hydrogen) atoms. The zero-order chi connectivity index (χ0) is 12.0. The third kappa shape index (κ3) is 3.52. The smallest absolute Gasteiger partial charge is 0.323 e. The number of amides is 2. The normalized spacial score (nSPS) is 9.81. The quantitative estimate of drug-likeness (QED) is 0.582. The number of urea groups is 1. The first-order valence-corrected chi connectivity index (χ1v) is 4.60. The van der Waals surface area contributed by atoms with Gasteiger partial charge in [0.05, 0.1) is 6.54 Å². The Bertz CT molecular complexity index is 351. The Hall–Kier alpha value is -2.19. The van der Waals surface area contributed by atoms with Gasteiger partial charge in [-0.05, 0) is 6.92 Å². The van der Waals surface area contributed by atoms with Crippen LogP contribution in [-0.4, -0.2) is 55.7 Å². The molecule has 1 rings (SSSR count). The van der Waals surface area contributed by atoms with Crippen LogP contribution in [0.3, 0.4) is 0 Å². The fourth-order valence-corrected chi connectivity index (χ4v) is 1.01. The monoisotopic (exact) mass is 228 g/mol. The molecule has 0 unspecified atom stereocenters. The lowest BCUT2D eigenvalue weighted by molar-refractivity contribution is -0.137. The number of hydrogen-bond acceptors (Lipinski definition) is 5. The summed E-state index contributed by atoms with van der Waals surface area (Å²) in [5.74, 6) is -0.726. The van der Waals surface area contributed by atoms with Crippen LogP contribution in [0.25, 0.3) is 0 Å². The van der Waals surface area contributed by atoms with Gasteiger partial charge in [0.25, 0.3) is 0 Å². The Kier molecular flexibility index (Phi) is 4.18. The summed E-state index contributed by atoms with van der Waals surface area (Å²) in [6.07, 6.45) is 0. The second-order valence-electron chi connectivity index (χ2n) is 2.89. The molecule has 0 saturated carbocycles. The fourth-order valence-electron chi connectivity index (χ4n) is 1.01. The third-order valence-corrected chi connectivity index (χ3v) is 1.78. The van der Waals surface area contributed by atoms with Crippen LogP contribution >= 0.6 is 0 Å². The van der Waals surface area contributed by atoms with Crippen molar-refractivity contribution < 1.29 is 14.7 Å². The number of H-pyrrole nitrogens is 1. The van der Waals surface area contributed by atoms with E-state index in [0.29, 0.717) is 12.4 Å². The van der Waals surface area contributed by atoms with E-state index in [2.05, 4.69) is 25.9 Å². The number of aromatic amines is 1. The van der Waals surface area contributed by atoms with Crippen molar-refractivity contribution >= 4 is 12.0 Å². The Labute approximate surface area is 90.8 Å². The SMILES string of the molecule is CCN(CC(=O)O)C(=O)NCc1nn[nH]n1. The average molecular weight is 228 g/mol. The molecule has 3 N–H and O–H groups in total. The lowest BCUT2D eigenvalue weighted by Gasteiger charge is -2.18. The predicted molar refractivity (Wildman–Crippen MR) is 51.3 cm³/mol. The zero-order valence-electron chi connectivity index (χ0n) is 8.67. The van der Waals surface area contributed by atoms with E-state index >= 15 is 0 Å². The van der Waals surface area contributed by atoms with Crippen molar-refractivity contribution in [3.63, 3.8) is 0 Å². The maximum absolute atomic E-state index is 11.5. The molecule has 9 nitrogen and oxygen atoms in total. The molecule has 0 aliphatic carbocycles. The summed E-state index contributed by atoms with van der Waals surface area (Å²) in [6, 6.07) is -0.477. The molecule has 0 fully saturated rings. The highest BCUT2D eigenvalue weighted by Gasteiger charge is 2.14. The lowest BCUT2D eigenvalue weighted by Crippen LogP contribution is -2.42.